The molecular weight excluding hydrogens is 366 g/mol. The van der Waals surface area contributed by atoms with Crippen LogP contribution in [0.5, 0.6) is 11.5 Å². The van der Waals surface area contributed by atoms with Crippen molar-refractivity contribution in [2.24, 2.45) is 0 Å². The van der Waals surface area contributed by atoms with Crippen LogP contribution in [-0.2, 0) is 4.79 Å². The summed E-state index contributed by atoms with van der Waals surface area (Å²) >= 11 is 1.34. The van der Waals surface area contributed by atoms with E-state index < -0.39 is 0 Å². The minimum Gasteiger partial charge on any atom is -0.486 e. The van der Waals surface area contributed by atoms with Crippen LogP contribution < -0.4 is 20.1 Å². The molecule has 2 amide bonds. The highest BCUT2D eigenvalue weighted by atomic mass is 32.1. The molecular formula is C19H17N3O4S. The first kappa shape index (κ1) is 17.3. The highest BCUT2D eigenvalue weighted by Crippen LogP contribution is 2.37. The third kappa shape index (κ3) is 3.70. The van der Waals surface area contributed by atoms with Gasteiger partial charge >= 0.3 is 0 Å². The molecule has 3 aromatic rings. The van der Waals surface area contributed by atoms with Gasteiger partial charge in [0.1, 0.15) is 13.2 Å². The van der Waals surface area contributed by atoms with Crippen molar-refractivity contribution in [3.8, 4) is 11.5 Å². The minimum absolute atomic E-state index is 0.133. The van der Waals surface area contributed by atoms with Crippen LogP contribution in [0.3, 0.4) is 0 Å². The van der Waals surface area contributed by atoms with Gasteiger partial charge in [0.15, 0.2) is 16.6 Å². The number of carbonyl (C=O) groups is 2. The first-order valence-corrected chi connectivity index (χ1v) is 9.25. The fourth-order valence-corrected chi connectivity index (χ4v) is 3.66. The smallest absolute Gasteiger partial charge is 0.251 e. The molecule has 1 aliphatic heterocycles. The number of rotatable bonds is 4. The van der Waals surface area contributed by atoms with Crippen molar-refractivity contribution >= 4 is 38.5 Å². The third-order valence-electron chi connectivity index (χ3n) is 4.10. The van der Waals surface area contributed by atoms with E-state index in [1.807, 2.05) is 25.1 Å². The molecule has 2 heterocycles. The standard InChI is InChI=1S/C19H17N3O4S/c1-11-4-2-3-5-12(11)18(24)20-10-17(23)22-19-21-13-8-14-15(9-16(13)27-19)26-7-6-25-14/h2-5,8-9H,6-7,10H2,1H3,(H,20,24)(H,21,22,23). The second-order valence-electron chi connectivity index (χ2n) is 6.03. The maximum absolute atomic E-state index is 12.2. The number of anilines is 1. The van der Waals surface area contributed by atoms with Gasteiger partial charge in [0.2, 0.25) is 5.91 Å². The van der Waals surface area contributed by atoms with Crippen LogP contribution in [0.4, 0.5) is 5.13 Å². The molecule has 2 N–H and O–H groups in total. The van der Waals surface area contributed by atoms with E-state index in [1.165, 1.54) is 11.3 Å². The Morgan fingerprint density at radius 1 is 1.15 bits per heavy atom. The van der Waals surface area contributed by atoms with Crippen molar-refractivity contribution in [3.05, 3.63) is 47.5 Å². The highest BCUT2D eigenvalue weighted by Gasteiger charge is 2.16. The molecule has 0 radical (unpaired) electrons. The number of aryl methyl sites for hydroxylation is 1. The number of amides is 2. The summed E-state index contributed by atoms with van der Waals surface area (Å²) in [6.07, 6.45) is 0. The Kier molecular flexibility index (Phi) is 4.64. The molecule has 7 nitrogen and oxygen atoms in total. The molecule has 0 saturated heterocycles. The summed E-state index contributed by atoms with van der Waals surface area (Å²) in [4.78, 5) is 28.7. The maximum atomic E-state index is 12.2. The van der Waals surface area contributed by atoms with Gasteiger partial charge in [-0.05, 0) is 18.6 Å². The molecule has 0 atom stereocenters. The van der Waals surface area contributed by atoms with Crippen LogP contribution in [0.15, 0.2) is 36.4 Å². The Hall–Kier alpha value is -3.13. The lowest BCUT2D eigenvalue weighted by Gasteiger charge is -2.17. The van der Waals surface area contributed by atoms with E-state index in [0.29, 0.717) is 35.4 Å². The average molecular weight is 383 g/mol. The number of carbonyl (C=O) groups excluding carboxylic acids is 2. The quantitative estimate of drug-likeness (QED) is 0.723. The van der Waals surface area contributed by atoms with Crippen LogP contribution in [-0.4, -0.2) is 36.6 Å². The zero-order chi connectivity index (χ0) is 18.8. The van der Waals surface area contributed by atoms with Gasteiger partial charge in [-0.2, -0.15) is 0 Å². The van der Waals surface area contributed by atoms with Crippen LogP contribution in [0.2, 0.25) is 0 Å². The molecule has 27 heavy (non-hydrogen) atoms. The summed E-state index contributed by atoms with van der Waals surface area (Å²) in [5.41, 5.74) is 2.13. The number of nitrogens with one attached hydrogen (secondary N) is 2. The van der Waals surface area contributed by atoms with Crippen molar-refractivity contribution < 1.29 is 19.1 Å². The lowest BCUT2D eigenvalue weighted by atomic mass is 10.1. The summed E-state index contributed by atoms with van der Waals surface area (Å²) in [6.45, 7) is 2.74. The first-order chi connectivity index (χ1) is 13.1. The number of thiazole rings is 1. The molecule has 8 heteroatoms. The van der Waals surface area contributed by atoms with Crippen molar-refractivity contribution in [1.82, 2.24) is 10.3 Å². The molecule has 4 rings (SSSR count). The summed E-state index contributed by atoms with van der Waals surface area (Å²) in [5.74, 6) is 0.714. The molecule has 0 fully saturated rings. The predicted molar refractivity (Wildman–Crippen MR) is 103 cm³/mol. The van der Waals surface area contributed by atoms with E-state index in [2.05, 4.69) is 15.6 Å². The summed E-state index contributed by atoms with van der Waals surface area (Å²) in [7, 11) is 0. The number of hydrogen-bond acceptors (Lipinski definition) is 6. The van der Waals surface area contributed by atoms with E-state index >= 15 is 0 Å². The topological polar surface area (TPSA) is 89.6 Å². The Balaban J connectivity index is 1.41. The van der Waals surface area contributed by atoms with E-state index in [0.717, 1.165) is 15.8 Å². The van der Waals surface area contributed by atoms with E-state index in [1.54, 1.807) is 18.2 Å². The second kappa shape index (κ2) is 7.24. The van der Waals surface area contributed by atoms with Gasteiger partial charge in [0.25, 0.3) is 5.91 Å². The summed E-state index contributed by atoms with van der Waals surface area (Å²) in [5, 5.41) is 5.80. The number of benzene rings is 2. The number of hydrogen-bond donors (Lipinski definition) is 2. The lowest BCUT2D eigenvalue weighted by Crippen LogP contribution is -2.33. The number of ether oxygens (including phenoxy) is 2. The van der Waals surface area contributed by atoms with Gasteiger partial charge in [0.05, 0.1) is 16.8 Å². The molecule has 1 aliphatic rings. The van der Waals surface area contributed by atoms with Gasteiger partial charge < -0.3 is 20.1 Å². The highest BCUT2D eigenvalue weighted by molar-refractivity contribution is 7.22. The molecule has 1 aromatic heterocycles. The van der Waals surface area contributed by atoms with E-state index in [-0.39, 0.29) is 18.4 Å². The molecule has 0 unspecified atom stereocenters. The Morgan fingerprint density at radius 3 is 2.67 bits per heavy atom. The Bertz CT molecular complexity index is 988. The largest absolute Gasteiger partial charge is 0.486 e. The molecule has 2 aromatic carbocycles. The molecule has 0 bridgehead atoms. The van der Waals surface area contributed by atoms with E-state index in [4.69, 9.17) is 9.47 Å². The van der Waals surface area contributed by atoms with Crippen molar-refractivity contribution in [2.75, 3.05) is 25.1 Å². The van der Waals surface area contributed by atoms with Gasteiger partial charge in [-0.3, -0.25) is 9.59 Å². The Morgan fingerprint density at radius 2 is 1.89 bits per heavy atom. The van der Waals surface area contributed by atoms with Gasteiger partial charge in [-0.25, -0.2) is 4.98 Å². The van der Waals surface area contributed by atoms with Crippen LogP contribution >= 0.6 is 11.3 Å². The molecule has 0 aliphatic carbocycles. The fraction of sp³-hybridized carbons (Fsp3) is 0.211. The Labute approximate surface area is 159 Å². The lowest BCUT2D eigenvalue weighted by molar-refractivity contribution is -0.115. The SMILES string of the molecule is Cc1ccccc1C(=O)NCC(=O)Nc1nc2cc3c(cc2s1)OCCO3. The minimum atomic E-state index is -0.340. The van der Waals surface area contributed by atoms with Crippen molar-refractivity contribution in [2.45, 2.75) is 6.92 Å². The molecule has 138 valence electrons. The van der Waals surface area contributed by atoms with Crippen LogP contribution in [0, 0.1) is 6.92 Å². The average Bonchev–Trinajstić information content (AvgIpc) is 3.05. The van der Waals surface area contributed by atoms with Crippen molar-refractivity contribution in [1.29, 1.82) is 0 Å². The number of fused-ring (bicyclic) bond motifs is 2. The zero-order valence-corrected chi connectivity index (χ0v) is 15.4. The zero-order valence-electron chi connectivity index (χ0n) is 14.6. The fourth-order valence-electron chi connectivity index (χ4n) is 2.77. The summed E-state index contributed by atoms with van der Waals surface area (Å²) in [6, 6.07) is 10.9. The molecule has 0 saturated carbocycles. The number of nitrogens with zero attached hydrogens (tertiary/aromatic N) is 1. The van der Waals surface area contributed by atoms with Gasteiger partial charge in [-0.15, -0.1) is 0 Å². The van der Waals surface area contributed by atoms with Gasteiger partial charge in [0, 0.05) is 17.7 Å². The van der Waals surface area contributed by atoms with E-state index in [9.17, 15) is 9.59 Å². The normalized spacial score (nSPS) is 12.6. The molecule has 0 spiro atoms. The van der Waals surface area contributed by atoms with Crippen LogP contribution in [0.25, 0.3) is 10.2 Å². The van der Waals surface area contributed by atoms with Crippen LogP contribution in [0.1, 0.15) is 15.9 Å². The second-order valence-corrected chi connectivity index (χ2v) is 7.06. The monoisotopic (exact) mass is 383 g/mol. The van der Waals surface area contributed by atoms with Gasteiger partial charge in [-0.1, -0.05) is 29.5 Å². The summed E-state index contributed by atoms with van der Waals surface area (Å²) < 4.78 is 12.0. The number of aromatic nitrogens is 1. The predicted octanol–water partition coefficient (Wildman–Crippen LogP) is 2.74. The first-order valence-electron chi connectivity index (χ1n) is 8.44. The maximum Gasteiger partial charge on any atom is 0.251 e. The third-order valence-corrected chi connectivity index (χ3v) is 5.03. The van der Waals surface area contributed by atoms with Crippen molar-refractivity contribution in [3.63, 3.8) is 0 Å².